The molecule has 24 heavy (non-hydrogen) atoms. The Kier molecular flexibility index (Phi) is 5.48. The van der Waals surface area contributed by atoms with E-state index >= 15 is 0 Å². The molecule has 0 aromatic heterocycles. The Hall–Kier alpha value is -2.09. The standard InChI is InChI=1S/C15H12Cl2N2O4S/c1-2-10-18(13-8-5-6-11(16)15(13)17)24(22,23)14-9-4-3-7-12(14)19(20)21/h2-9H,1,10H2. The molecule has 2 aromatic rings. The van der Waals surface area contributed by atoms with E-state index in [1.54, 1.807) is 0 Å². The summed E-state index contributed by atoms with van der Waals surface area (Å²) in [6.45, 7) is 3.40. The van der Waals surface area contributed by atoms with Gasteiger partial charge in [0.05, 0.1) is 27.2 Å². The maximum Gasteiger partial charge on any atom is 0.289 e. The lowest BCUT2D eigenvalue weighted by Gasteiger charge is -2.24. The van der Waals surface area contributed by atoms with Crippen LogP contribution in [0, 0.1) is 10.1 Å². The molecular formula is C15H12Cl2N2O4S. The number of benzene rings is 2. The zero-order chi connectivity index (χ0) is 17.9. The normalized spacial score (nSPS) is 11.1. The molecule has 2 aromatic carbocycles. The summed E-state index contributed by atoms with van der Waals surface area (Å²) in [4.78, 5) is 9.97. The van der Waals surface area contributed by atoms with Gasteiger partial charge in [0, 0.05) is 6.07 Å². The van der Waals surface area contributed by atoms with Crippen molar-refractivity contribution in [1.82, 2.24) is 0 Å². The molecule has 0 radical (unpaired) electrons. The predicted octanol–water partition coefficient (Wildman–Crippen LogP) is 4.28. The highest BCUT2D eigenvalue weighted by molar-refractivity contribution is 7.93. The number of halogens is 2. The van der Waals surface area contributed by atoms with Gasteiger partial charge in [0.15, 0.2) is 4.90 Å². The van der Waals surface area contributed by atoms with Gasteiger partial charge in [0.1, 0.15) is 0 Å². The topological polar surface area (TPSA) is 80.5 Å². The summed E-state index contributed by atoms with van der Waals surface area (Å²) < 4.78 is 26.9. The fourth-order valence-corrected chi connectivity index (χ4v) is 4.13. The van der Waals surface area contributed by atoms with Crippen molar-refractivity contribution in [2.45, 2.75) is 4.90 Å². The van der Waals surface area contributed by atoms with E-state index in [0.29, 0.717) is 0 Å². The second-order valence-electron chi connectivity index (χ2n) is 4.62. The number of nitro groups is 1. The Morgan fingerprint density at radius 1 is 1.17 bits per heavy atom. The SMILES string of the molecule is C=CCN(c1cccc(Cl)c1Cl)S(=O)(=O)c1ccccc1[N+](=O)[O-]. The predicted molar refractivity (Wildman–Crippen MR) is 94.3 cm³/mol. The van der Waals surface area contributed by atoms with E-state index in [1.807, 2.05) is 0 Å². The minimum absolute atomic E-state index is 0.0307. The van der Waals surface area contributed by atoms with E-state index < -0.39 is 25.5 Å². The molecule has 0 aliphatic rings. The monoisotopic (exact) mass is 386 g/mol. The van der Waals surface area contributed by atoms with Gasteiger partial charge < -0.3 is 0 Å². The summed E-state index contributed by atoms with van der Waals surface area (Å²) in [5.41, 5.74) is -0.410. The largest absolute Gasteiger partial charge is 0.289 e. The molecule has 0 aliphatic carbocycles. The van der Waals surface area contributed by atoms with Gasteiger partial charge in [-0.2, -0.15) is 0 Å². The van der Waals surface area contributed by atoms with E-state index in [4.69, 9.17) is 23.2 Å². The van der Waals surface area contributed by atoms with Gasteiger partial charge in [-0.1, -0.05) is 47.5 Å². The minimum Gasteiger partial charge on any atom is -0.261 e. The van der Waals surface area contributed by atoms with Crippen LogP contribution < -0.4 is 4.31 Å². The lowest BCUT2D eigenvalue weighted by atomic mass is 10.3. The molecule has 9 heteroatoms. The molecular weight excluding hydrogens is 375 g/mol. The number of rotatable bonds is 6. The molecule has 0 saturated carbocycles. The average Bonchev–Trinajstić information content (AvgIpc) is 2.55. The van der Waals surface area contributed by atoms with Crippen LogP contribution >= 0.6 is 23.2 Å². The Labute approximate surface area is 149 Å². The quantitative estimate of drug-likeness (QED) is 0.421. The number of sulfonamides is 1. The van der Waals surface area contributed by atoms with Crippen LogP contribution in [0.1, 0.15) is 0 Å². The van der Waals surface area contributed by atoms with Gasteiger partial charge in [-0.25, -0.2) is 8.42 Å². The smallest absolute Gasteiger partial charge is 0.261 e. The zero-order valence-electron chi connectivity index (χ0n) is 12.2. The maximum absolute atomic E-state index is 13.0. The number of anilines is 1. The van der Waals surface area contributed by atoms with Crippen LogP contribution in [-0.2, 0) is 10.0 Å². The van der Waals surface area contributed by atoms with Gasteiger partial charge in [-0.3, -0.25) is 14.4 Å². The van der Waals surface area contributed by atoms with Crippen molar-refractivity contribution in [1.29, 1.82) is 0 Å². The van der Waals surface area contributed by atoms with Crippen LogP contribution in [0.15, 0.2) is 60.0 Å². The van der Waals surface area contributed by atoms with Crippen molar-refractivity contribution in [2.75, 3.05) is 10.8 Å². The summed E-state index contributed by atoms with van der Waals surface area (Å²) in [7, 11) is -4.25. The molecule has 0 N–H and O–H groups in total. The van der Waals surface area contributed by atoms with Gasteiger partial charge in [-0.05, 0) is 18.2 Å². The average molecular weight is 387 g/mol. The van der Waals surface area contributed by atoms with Crippen molar-refractivity contribution >= 4 is 44.6 Å². The fourth-order valence-electron chi connectivity index (χ4n) is 2.07. The lowest BCUT2D eigenvalue weighted by Crippen LogP contribution is -2.32. The molecule has 0 atom stereocenters. The molecule has 6 nitrogen and oxygen atoms in total. The molecule has 2 rings (SSSR count). The number of nitro benzene ring substituents is 1. The third-order valence-corrected chi connectivity index (χ3v) is 5.76. The number of para-hydroxylation sites is 1. The van der Waals surface area contributed by atoms with Crippen molar-refractivity contribution in [3.05, 3.63) is 75.3 Å². The highest BCUT2D eigenvalue weighted by Gasteiger charge is 2.32. The molecule has 0 saturated heterocycles. The van der Waals surface area contributed by atoms with Gasteiger partial charge in [-0.15, -0.1) is 6.58 Å². The lowest BCUT2D eigenvalue weighted by molar-refractivity contribution is -0.387. The van der Waals surface area contributed by atoms with Crippen molar-refractivity contribution in [3.63, 3.8) is 0 Å². The third kappa shape index (κ3) is 3.38. The zero-order valence-corrected chi connectivity index (χ0v) is 14.6. The first-order chi connectivity index (χ1) is 11.3. The summed E-state index contributed by atoms with van der Waals surface area (Å²) in [5.74, 6) is 0. The van der Waals surface area contributed by atoms with Crippen molar-refractivity contribution in [3.8, 4) is 0 Å². The first kappa shape index (κ1) is 18.3. The first-order valence-electron chi connectivity index (χ1n) is 6.61. The van der Waals surface area contributed by atoms with E-state index in [-0.39, 0.29) is 22.3 Å². The second-order valence-corrected chi connectivity index (χ2v) is 7.24. The minimum atomic E-state index is -4.25. The van der Waals surface area contributed by atoms with E-state index in [9.17, 15) is 18.5 Å². The Balaban J connectivity index is 2.69. The van der Waals surface area contributed by atoms with Crippen LogP contribution in [0.4, 0.5) is 11.4 Å². The molecule has 0 aliphatic heterocycles. The summed E-state index contributed by atoms with van der Waals surface area (Å²) >= 11 is 12.1. The second kappa shape index (κ2) is 7.21. The maximum atomic E-state index is 13.0. The van der Waals surface area contributed by atoms with Gasteiger partial charge in [0.2, 0.25) is 0 Å². The van der Waals surface area contributed by atoms with Crippen LogP contribution in [0.5, 0.6) is 0 Å². The van der Waals surface area contributed by atoms with Crippen LogP contribution in [0.25, 0.3) is 0 Å². The number of nitrogens with zero attached hydrogens (tertiary/aromatic N) is 2. The Morgan fingerprint density at radius 2 is 1.83 bits per heavy atom. The van der Waals surface area contributed by atoms with Crippen LogP contribution in [0.3, 0.4) is 0 Å². The molecule has 0 spiro atoms. The first-order valence-corrected chi connectivity index (χ1v) is 8.81. The summed E-state index contributed by atoms with van der Waals surface area (Å²) in [5, 5.41) is 11.4. The summed E-state index contributed by atoms with van der Waals surface area (Å²) in [6.07, 6.45) is 1.35. The highest BCUT2D eigenvalue weighted by atomic mass is 35.5. The van der Waals surface area contributed by atoms with Crippen LogP contribution in [-0.4, -0.2) is 19.9 Å². The molecule has 0 unspecified atom stereocenters. The van der Waals surface area contributed by atoms with Gasteiger partial charge in [0.25, 0.3) is 15.7 Å². The molecule has 0 amide bonds. The number of hydrogen-bond acceptors (Lipinski definition) is 4. The van der Waals surface area contributed by atoms with E-state index in [2.05, 4.69) is 6.58 Å². The highest BCUT2D eigenvalue weighted by Crippen LogP contribution is 2.36. The molecule has 0 bridgehead atoms. The Morgan fingerprint density at radius 3 is 2.46 bits per heavy atom. The van der Waals surface area contributed by atoms with Crippen LogP contribution in [0.2, 0.25) is 10.0 Å². The molecule has 126 valence electrons. The van der Waals surface area contributed by atoms with Crippen molar-refractivity contribution < 1.29 is 13.3 Å². The third-order valence-electron chi connectivity index (χ3n) is 3.12. The van der Waals surface area contributed by atoms with E-state index in [0.717, 1.165) is 10.4 Å². The summed E-state index contributed by atoms with van der Waals surface area (Å²) in [6, 6.07) is 9.60. The molecule has 0 heterocycles. The number of hydrogen-bond donors (Lipinski definition) is 0. The van der Waals surface area contributed by atoms with E-state index in [1.165, 1.54) is 42.5 Å². The molecule has 0 fully saturated rings. The Bertz CT molecular complexity index is 900. The fraction of sp³-hybridized carbons (Fsp3) is 0.0667. The van der Waals surface area contributed by atoms with Gasteiger partial charge >= 0.3 is 0 Å². The van der Waals surface area contributed by atoms with Crippen molar-refractivity contribution in [2.24, 2.45) is 0 Å².